The van der Waals surface area contributed by atoms with Crippen molar-refractivity contribution in [3.8, 4) is 0 Å². The molecule has 11 nitrogen and oxygen atoms in total. The summed E-state index contributed by atoms with van der Waals surface area (Å²) < 4.78 is 0. The normalized spacial score (nSPS) is 16.0. The summed E-state index contributed by atoms with van der Waals surface area (Å²) in [4.78, 5) is 81.8. The number of aryl methyl sites for hydroxylation is 2. The van der Waals surface area contributed by atoms with Crippen molar-refractivity contribution >= 4 is 58.4 Å². The van der Waals surface area contributed by atoms with Crippen LogP contribution in [0.2, 0.25) is 0 Å². The van der Waals surface area contributed by atoms with Crippen LogP contribution in [0.25, 0.3) is 0 Å². The maximum Gasteiger partial charge on any atom is 0.263 e. The third kappa shape index (κ3) is 6.00. The van der Waals surface area contributed by atoms with Crippen LogP contribution >= 0.6 is 11.3 Å². The SMILES string of the molecule is CC(=O)C[C@@H](C=O)NC(=O)CN1C(=O)[C@@H](NC(=O)c2sc(C)nc2C)CN(C(C)=O)c2ccccc21. The van der Waals surface area contributed by atoms with Gasteiger partial charge in [-0.1, -0.05) is 12.1 Å². The number of para-hydroxylation sites is 2. The number of aromatic nitrogens is 1. The van der Waals surface area contributed by atoms with Gasteiger partial charge in [-0.05, 0) is 32.9 Å². The van der Waals surface area contributed by atoms with Crippen molar-refractivity contribution in [2.75, 3.05) is 22.9 Å². The Kier molecular flexibility index (Phi) is 8.30. The van der Waals surface area contributed by atoms with E-state index in [0.29, 0.717) is 33.2 Å². The molecular weight excluding hydrogens is 486 g/mol. The van der Waals surface area contributed by atoms with E-state index in [1.807, 2.05) is 0 Å². The summed E-state index contributed by atoms with van der Waals surface area (Å²) in [7, 11) is 0. The number of hydrogen-bond donors (Lipinski definition) is 2. The predicted octanol–water partition coefficient (Wildman–Crippen LogP) is 0.921. The van der Waals surface area contributed by atoms with Crippen LogP contribution in [0.5, 0.6) is 0 Å². The lowest BCUT2D eigenvalue weighted by molar-refractivity contribution is -0.127. The lowest BCUT2D eigenvalue weighted by atomic mass is 10.1. The Labute approximate surface area is 211 Å². The molecule has 190 valence electrons. The molecule has 2 atom stereocenters. The van der Waals surface area contributed by atoms with E-state index in [2.05, 4.69) is 15.6 Å². The van der Waals surface area contributed by atoms with Gasteiger partial charge in [0.15, 0.2) is 0 Å². The number of aldehydes is 1. The Bertz CT molecular complexity index is 1230. The summed E-state index contributed by atoms with van der Waals surface area (Å²) in [5.74, 6) is -2.43. The molecule has 1 aliphatic heterocycles. The standard InChI is InChI=1S/C24H27N5O6S/c1-13(31)9-17(12-30)26-21(33)11-29-20-8-6-5-7-19(20)28(16(4)32)10-18(24(29)35)27-23(34)22-14(2)25-15(3)36-22/h5-8,12,17-18H,9-11H2,1-4H3,(H,26,33)(H,27,34)/t17-,18-/m0/s1. The maximum atomic E-state index is 13.7. The van der Waals surface area contributed by atoms with E-state index in [1.165, 1.54) is 35.0 Å². The number of fused-ring (bicyclic) bond motifs is 1. The number of carbonyl (C=O) groups excluding carboxylic acids is 6. The Morgan fingerprint density at radius 3 is 2.39 bits per heavy atom. The van der Waals surface area contributed by atoms with Crippen LogP contribution in [-0.2, 0) is 24.0 Å². The summed E-state index contributed by atoms with van der Waals surface area (Å²) in [6.07, 6.45) is 0.279. The third-order valence-corrected chi connectivity index (χ3v) is 6.58. The van der Waals surface area contributed by atoms with Crippen LogP contribution in [0.3, 0.4) is 0 Å². The van der Waals surface area contributed by atoms with E-state index < -0.39 is 36.3 Å². The number of ketones is 1. The zero-order chi connectivity index (χ0) is 26.6. The van der Waals surface area contributed by atoms with Crippen molar-refractivity contribution < 1.29 is 28.8 Å². The molecule has 0 saturated heterocycles. The Balaban J connectivity index is 1.95. The molecule has 2 aromatic rings. The fraction of sp³-hybridized carbons (Fsp3) is 0.375. The molecule has 3 rings (SSSR count). The molecule has 0 saturated carbocycles. The van der Waals surface area contributed by atoms with Gasteiger partial charge in [-0.25, -0.2) is 4.98 Å². The average Bonchev–Trinajstić information content (AvgIpc) is 3.11. The molecule has 0 aliphatic carbocycles. The molecule has 0 spiro atoms. The molecule has 0 radical (unpaired) electrons. The highest BCUT2D eigenvalue weighted by molar-refractivity contribution is 7.13. The molecule has 0 fully saturated rings. The van der Waals surface area contributed by atoms with E-state index in [4.69, 9.17) is 0 Å². The van der Waals surface area contributed by atoms with Gasteiger partial charge in [0.25, 0.3) is 11.8 Å². The minimum Gasteiger partial charge on any atom is -0.345 e. The van der Waals surface area contributed by atoms with Gasteiger partial charge in [0, 0.05) is 13.3 Å². The van der Waals surface area contributed by atoms with E-state index in [-0.39, 0.29) is 24.7 Å². The minimum atomic E-state index is -1.16. The Hall–Kier alpha value is -3.93. The lowest BCUT2D eigenvalue weighted by Crippen LogP contribution is -2.54. The fourth-order valence-electron chi connectivity index (χ4n) is 3.96. The molecule has 1 aromatic heterocycles. The van der Waals surface area contributed by atoms with E-state index in [1.54, 1.807) is 38.1 Å². The highest BCUT2D eigenvalue weighted by atomic mass is 32.1. The summed E-state index contributed by atoms with van der Waals surface area (Å²) in [6, 6.07) is 4.37. The van der Waals surface area contributed by atoms with Gasteiger partial charge in [-0.3, -0.25) is 28.9 Å². The maximum absolute atomic E-state index is 13.7. The topological polar surface area (TPSA) is 146 Å². The number of carbonyl (C=O) groups is 6. The second kappa shape index (κ2) is 11.2. The van der Waals surface area contributed by atoms with Gasteiger partial charge in [0.05, 0.1) is 34.7 Å². The Morgan fingerprint density at radius 1 is 1.17 bits per heavy atom. The summed E-state index contributed by atoms with van der Waals surface area (Å²) in [5, 5.41) is 5.83. The molecule has 1 aliphatic rings. The van der Waals surface area contributed by atoms with Crippen molar-refractivity contribution in [1.82, 2.24) is 15.6 Å². The number of thiazole rings is 1. The predicted molar refractivity (Wildman–Crippen MR) is 133 cm³/mol. The van der Waals surface area contributed by atoms with Gasteiger partial charge < -0.3 is 20.3 Å². The first-order valence-corrected chi connectivity index (χ1v) is 12.0. The Morgan fingerprint density at radius 2 is 1.83 bits per heavy atom. The molecule has 36 heavy (non-hydrogen) atoms. The van der Waals surface area contributed by atoms with Crippen LogP contribution in [0, 0.1) is 13.8 Å². The van der Waals surface area contributed by atoms with E-state index in [0.717, 1.165) is 0 Å². The third-order valence-electron chi connectivity index (χ3n) is 5.51. The zero-order valence-corrected chi connectivity index (χ0v) is 21.2. The number of amides is 4. The number of anilines is 2. The summed E-state index contributed by atoms with van der Waals surface area (Å²) in [5.41, 5.74) is 1.21. The highest BCUT2D eigenvalue weighted by Gasteiger charge is 2.37. The number of benzene rings is 1. The van der Waals surface area contributed by atoms with Crippen LogP contribution in [0.4, 0.5) is 11.4 Å². The average molecular weight is 514 g/mol. The number of Topliss-reactive ketones (excluding diaryl/α,β-unsaturated/α-hetero) is 1. The van der Waals surface area contributed by atoms with Gasteiger partial charge >= 0.3 is 0 Å². The largest absolute Gasteiger partial charge is 0.345 e. The van der Waals surface area contributed by atoms with Crippen molar-refractivity contribution in [1.29, 1.82) is 0 Å². The van der Waals surface area contributed by atoms with Crippen LogP contribution in [0.15, 0.2) is 24.3 Å². The number of hydrogen-bond acceptors (Lipinski definition) is 8. The highest BCUT2D eigenvalue weighted by Crippen LogP contribution is 2.33. The minimum absolute atomic E-state index is 0.146. The van der Waals surface area contributed by atoms with Gasteiger partial charge in [-0.2, -0.15) is 0 Å². The van der Waals surface area contributed by atoms with Crippen molar-refractivity contribution in [2.45, 2.75) is 46.2 Å². The molecule has 0 bridgehead atoms. The second-order valence-corrected chi connectivity index (χ2v) is 9.64. The van der Waals surface area contributed by atoms with Gasteiger partial charge in [-0.15, -0.1) is 11.3 Å². The van der Waals surface area contributed by atoms with Crippen molar-refractivity contribution in [3.63, 3.8) is 0 Å². The number of nitrogens with one attached hydrogen (secondary N) is 2. The first-order chi connectivity index (χ1) is 17.0. The molecular formula is C24H27N5O6S. The lowest BCUT2D eigenvalue weighted by Gasteiger charge is -2.25. The summed E-state index contributed by atoms with van der Waals surface area (Å²) in [6.45, 7) is 5.45. The first kappa shape index (κ1) is 26.7. The smallest absolute Gasteiger partial charge is 0.263 e. The molecule has 4 amide bonds. The monoisotopic (exact) mass is 513 g/mol. The van der Waals surface area contributed by atoms with E-state index in [9.17, 15) is 28.8 Å². The van der Waals surface area contributed by atoms with E-state index >= 15 is 0 Å². The van der Waals surface area contributed by atoms with Crippen LogP contribution in [-0.4, -0.2) is 65.9 Å². The number of rotatable bonds is 8. The van der Waals surface area contributed by atoms with Crippen LogP contribution in [0.1, 0.15) is 40.6 Å². The molecule has 2 heterocycles. The fourth-order valence-corrected chi connectivity index (χ4v) is 4.78. The quantitative estimate of drug-likeness (QED) is 0.499. The second-order valence-electron chi connectivity index (χ2n) is 8.43. The molecule has 12 heteroatoms. The first-order valence-electron chi connectivity index (χ1n) is 11.2. The van der Waals surface area contributed by atoms with Gasteiger partial charge in [0.1, 0.15) is 29.5 Å². The zero-order valence-electron chi connectivity index (χ0n) is 20.4. The number of nitrogens with zero attached hydrogens (tertiary/aromatic N) is 3. The van der Waals surface area contributed by atoms with Gasteiger partial charge in [0.2, 0.25) is 11.8 Å². The summed E-state index contributed by atoms with van der Waals surface area (Å²) >= 11 is 1.18. The van der Waals surface area contributed by atoms with Crippen LogP contribution < -0.4 is 20.4 Å². The molecule has 1 aromatic carbocycles. The van der Waals surface area contributed by atoms with Crippen molar-refractivity contribution in [2.24, 2.45) is 0 Å². The molecule has 0 unspecified atom stereocenters. The van der Waals surface area contributed by atoms with Crippen molar-refractivity contribution in [3.05, 3.63) is 39.8 Å². The molecule has 2 N–H and O–H groups in total.